The fourth-order valence-electron chi connectivity index (χ4n) is 7.70. The van der Waals surface area contributed by atoms with Crippen molar-refractivity contribution in [1.82, 2.24) is 14.9 Å². The van der Waals surface area contributed by atoms with Crippen LogP contribution in [0.4, 0.5) is 11.4 Å². The van der Waals surface area contributed by atoms with Crippen molar-refractivity contribution in [3.8, 4) is 22.5 Å². The van der Waals surface area contributed by atoms with Crippen LogP contribution in [0.15, 0.2) is 121 Å². The summed E-state index contributed by atoms with van der Waals surface area (Å²) in [5.74, 6) is 0. The third-order valence-electron chi connectivity index (χ3n) is 10.5. The largest absolute Gasteiger partial charge is 0.371 e. The molecule has 2 aromatic heterocycles. The standard InChI is InChI=1S/C24H29N3.C20H21N3.C2H4O.2ClH/c1-3-26(4-2)20-14-16-27(17-15-20)24-18-23(19-10-6-5-7-11-19)25-22-13-9-8-12-21(22)24;21-16-10-12-23(13-11-16)20-14-19(15-6-2-1-3-7-15)22-18-9-5-4-8-17(18)20;1-2-3;;/h5-13,18,20H,3-4,14-17H2,1-2H3;1-9,14,16H,10-13,21H2;2H,1H3;2*1H. The minimum Gasteiger partial charge on any atom is -0.371 e. The number of halogens is 2. The molecule has 0 bridgehead atoms. The molecule has 0 saturated carbocycles. The second-order valence-electron chi connectivity index (χ2n) is 13.8. The highest BCUT2D eigenvalue weighted by Gasteiger charge is 2.25. The number of aldehydes is 1. The van der Waals surface area contributed by atoms with E-state index in [-0.39, 0.29) is 24.8 Å². The minimum atomic E-state index is 0. The lowest BCUT2D eigenvalue weighted by Gasteiger charge is -2.39. The molecule has 7 nitrogen and oxygen atoms in total. The third-order valence-corrected chi connectivity index (χ3v) is 10.5. The van der Waals surface area contributed by atoms with E-state index in [0.29, 0.717) is 6.04 Å². The monoisotopic (exact) mass is 778 g/mol. The van der Waals surface area contributed by atoms with Gasteiger partial charge >= 0.3 is 0 Å². The molecule has 9 heteroatoms. The molecule has 0 radical (unpaired) electrons. The summed E-state index contributed by atoms with van der Waals surface area (Å²) in [6, 6.07) is 43.5. The van der Waals surface area contributed by atoms with Crippen LogP contribution < -0.4 is 15.5 Å². The number of pyridine rings is 2. The molecule has 2 saturated heterocycles. The zero-order valence-corrected chi connectivity index (χ0v) is 34.0. The molecule has 4 aromatic carbocycles. The summed E-state index contributed by atoms with van der Waals surface area (Å²) >= 11 is 0. The van der Waals surface area contributed by atoms with E-state index >= 15 is 0 Å². The van der Waals surface area contributed by atoms with Crippen molar-refractivity contribution in [2.45, 2.75) is 58.5 Å². The van der Waals surface area contributed by atoms with Gasteiger partial charge in [-0.2, -0.15) is 0 Å². The van der Waals surface area contributed by atoms with E-state index in [1.807, 2.05) is 6.07 Å². The smallest absolute Gasteiger partial charge is 0.116 e. The normalized spacial score (nSPS) is 14.6. The zero-order valence-electron chi connectivity index (χ0n) is 32.4. The topological polar surface area (TPSA) is 78.6 Å². The summed E-state index contributed by atoms with van der Waals surface area (Å²) < 4.78 is 0. The van der Waals surface area contributed by atoms with Crippen molar-refractivity contribution in [2.75, 3.05) is 49.1 Å². The highest BCUT2D eigenvalue weighted by molar-refractivity contribution is 5.95. The first kappa shape index (κ1) is 43.2. The molecule has 2 aliphatic rings. The van der Waals surface area contributed by atoms with Gasteiger partial charge < -0.3 is 25.2 Å². The van der Waals surface area contributed by atoms with Crippen molar-refractivity contribution in [3.05, 3.63) is 121 Å². The lowest BCUT2D eigenvalue weighted by Crippen LogP contribution is -2.44. The van der Waals surface area contributed by atoms with Gasteiger partial charge in [-0.15, -0.1) is 24.8 Å². The van der Waals surface area contributed by atoms with Crippen molar-refractivity contribution >= 4 is 64.3 Å². The Kier molecular flexibility index (Phi) is 16.9. The highest BCUT2D eigenvalue weighted by atomic mass is 35.5. The number of carbonyl (C=O) groups excluding carboxylic acids is 1. The third kappa shape index (κ3) is 10.8. The van der Waals surface area contributed by atoms with E-state index < -0.39 is 0 Å². The number of nitrogens with zero attached hydrogens (tertiary/aromatic N) is 5. The molecule has 4 heterocycles. The molecular formula is C46H56Cl2N6O. The summed E-state index contributed by atoms with van der Waals surface area (Å²) in [5, 5.41) is 2.49. The predicted octanol–water partition coefficient (Wildman–Crippen LogP) is 10.1. The second kappa shape index (κ2) is 21.5. The van der Waals surface area contributed by atoms with Gasteiger partial charge in [0.2, 0.25) is 0 Å². The molecule has 2 fully saturated rings. The molecule has 0 aliphatic carbocycles. The van der Waals surface area contributed by atoms with Crippen molar-refractivity contribution in [2.24, 2.45) is 5.73 Å². The summed E-state index contributed by atoms with van der Waals surface area (Å²) in [6.45, 7) is 12.6. The lowest BCUT2D eigenvalue weighted by molar-refractivity contribution is -0.106. The number of hydrogen-bond donors (Lipinski definition) is 1. The van der Waals surface area contributed by atoms with E-state index in [9.17, 15) is 0 Å². The number of fused-ring (bicyclic) bond motifs is 2. The maximum Gasteiger partial charge on any atom is 0.116 e. The number of aromatic nitrogens is 2. The fourth-order valence-corrected chi connectivity index (χ4v) is 7.70. The molecule has 8 rings (SSSR count). The van der Waals surface area contributed by atoms with Gasteiger partial charge in [0.25, 0.3) is 0 Å². The first-order valence-corrected chi connectivity index (χ1v) is 19.3. The Morgan fingerprint density at radius 2 is 0.982 bits per heavy atom. The van der Waals surface area contributed by atoms with Crippen LogP contribution in [-0.4, -0.2) is 72.5 Å². The molecule has 6 aromatic rings. The van der Waals surface area contributed by atoms with Crippen LogP contribution in [0.3, 0.4) is 0 Å². The molecule has 0 spiro atoms. The molecule has 55 heavy (non-hydrogen) atoms. The van der Waals surface area contributed by atoms with Crippen LogP contribution in [0, 0.1) is 0 Å². The Morgan fingerprint density at radius 3 is 1.38 bits per heavy atom. The number of nitrogens with two attached hydrogens (primary N) is 1. The van der Waals surface area contributed by atoms with E-state index in [4.69, 9.17) is 20.5 Å². The molecular weight excluding hydrogens is 723 g/mol. The van der Waals surface area contributed by atoms with Crippen LogP contribution in [-0.2, 0) is 4.79 Å². The van der Waals surface area contributed by atoms with Crippen LogP contribution in [0.5, 0.6) is 0 Å². The van der Waals surface area contributed by atoms with Gasteiger partial charge in [-0.25, -0.2) is 9.97 Å². The zero-order chi connectivity index (χ0) is 37.0. The van der Waals surface area contributed by atoms with E-state index in [1.54, 1.807) is 0 Å². The van der Waals surface area contributed by atoms with Gasteiger partial charge in [0.05, 0.1) is 22.4 Å². The molecule has 2 aliphatic heterocycles. The van der Waals surface area contributed by atoms with Gasteiger partial charge in [-0.3, -0.25) is 0 Å². The Balaban J connectivity index is 0.000000223. The average molecular weight is 780 g/mol. The van der Waals surface area contributed by atoms with Crippen LogP contribution in [0.25, 0.3) is 44.3 Å². The molecule has 0 unspecified atom stereocenters. The summed E-state index contributed by atoms with van der Waals surface area (Å²) in [6.07, 6.45) is 5.33. The van der Waals surface area contributed by atoms with Crippen molar-refractivity contribution in [1.29, 1.82) is 0 Å². The maximum atomic E-state index is 8.81. The minimum absolute atomic E-state index is 0. The Labute approximate surface area is 339 Å². The molecule has 0 amide bonds. The first-order chi connectivity index (χ1) is 26.0. The molecule has 0 atom stereocenters. The Hall–Kier alpha value is -4.53. The number of piperidine rings is 2. The summed E-state index contributed by atoms with van der Waals surface area (Å²) in [4.78, 5) is 26.2. The number of para-hydroxylation sites is 2. The number of rotatable bonds is 7. The van der Waals surface area contributed by atoms with Gasteiger partial charge in [-0.05, 0) is 70.0 Å². The van der Waals surface area contributed by atoms with E-state index in [2.05, 4.69) is 144 Å². The van der Waals surface area contributed by atoms with Crippen LogP contribution >= 0.6 is 24.8 Å². The fraction of sp³-hybridized carbons (Fsp3) is 0.326. The highest BCUT2D eigenvalue weighted by Crippen LogP contribution is 2.34. The molecule has 290 valence electrons. The first-order valence-electron chi connectivity index (χ1n) is 19.3. The number of carbonyl (C=O) groups is 1. The average Bonchev–Trinajstić information content (AvgIpc) is 3.22. The van der Waals surface area contributed by atoms with Crippen molar-refractivity contribution < 1.29 is 4.79 Å². The second-order valence-corrected chi connectivity index (χ2v) is 13.8. The maximum absolute atomic E-state index is 8.81. The quantitative estimate of drug-likeness (QED) is 0.162. The van der Waals surface area contributed by atoms with Gasteiger partial charge in [-0.1, -0.05) is 111 Å². The number of hydrogen-bond acceptors (Lipinski definition) is 7. The van der Waals surface area contributed by atoms with E-state index in [1.165, 1.54) is 47.5 Å². The SMILES string of the molecule is CC=O.CCN(CC)C1CCN(c2cc(-c3ccccc3)nc3ccccc23)CC1.Cl.Cl.NC1CCN(c2cc(-c3ccccc3)nc3ccccc23)CC1. The predicted molar refractivity (Wildman–Crippen MR) is 238 cm³/mol. The Bertz CT molecular complexity index is 2050. The van der Waals surface area contributed by atoms with Crippen LogP contribution in [0.1, 0.15) is 46.5 Å². The van der Waals surface area contributed by atoms with Crippen LogP contribution in [0.2, 0.25) is 0 Å². The van der Waals surface area contributed by atoms with Gasteiger partial charge in [0.15, 0.2) is 0 Å². The van der Waals surface area contributed by atoms with Gasteiger partial charge in [0, 0.05) is 71.5 Å². The van der Waals surface area contributed by atoms with E-state index in [0.717, 1.165) is 92.4 Å². The van der Waals surface area contributed by atoms with Gasteiger partial charge in [0.1, 0.15) is 6.29 Å². The summed E-state index contributed by atoms with van der Waals surface area (Å²) in [5.41, 5.74) is 15.3. The Morgan fingerprint density at radius 1 is 0.618 bits per heavy atom. The van der Waals surface area contributed by atoms with Crippen molar-refractivity contribution in [3.63, 3.8) is 0 Å². The lowest BCUT2D eigenvalue weighted by atomic mass is 10.0. The molecule has 2 N–H and O–H groups in total. The number of benzene rings is 4. The number of anilines is 2. The summed E-state index contributed by atoms with van der Waals surface area (Å²) in [7, 11) is 0.